The number of rotatable bonds is 5. The van der Waals surface area contributed by atoms with Crippen molar-refractivity contribution < 1.29 is 9.18 Å². The summed E-state index contributed by atoms with van der Waals surface area (Å²) in [7, 11) is 0. The van der Waals surface area contributed by atoms with E-state index in [0.717, 1.165) is 31.5 Å². The maximum Gasteiger partial charge on any atom is 0.234 e. The Balaban J connectivity index is 0.00000242. The Morgan fingerprint density at radius 1 is 1.36 bits per heavy atom. The number of nitrogens with zero attached hydrogens (tertiary/aromatic N) is 1. The minimum absolute atomic E-state index is 0. The summed E-state index contributed by atoms with van der Waals surface area (Å²) in [5, 5.41) is 2.87. The van der Waals surface area contributed by atoms with E-state index in [1.54, 1.807) is 12.1 Å². The van der Waals surface area contributed by atoms with Crippen LogP contribution in [0.15, 0.2) is 24.3 Å². The van der Waals surface area contributed by atoms with Crippen molar-refractivity contribution in [1.82, 2.24) is 10.2 Å². The van der Waals surface area contributed by atoms with Gasteiger partial charge in [-0.3, -0.25) is 9.69 Å². The number of benzene rings is 1. The third kappa shape index (κ3) is 5.91. The van der Waals surface area contributed by atoms with Crippen molar-refractivity contribution in [3.05, 3.63) is 35.6 Å². The fourth-order valence-corrected chi connectivity index (χ4v) is 2.70. The number of likely N-dealkylation sites (tertiary alicyclic amines) is 1. The fraction of sp³-hybridized carbons (Fsp3) is 0.562. The zero-order valence-corrected chi connectivity index (χ0v) is 13.7. The van der Waals surface area contributed by atoms with E-state index in [0.29, 0.717) is 19.0 Å². The molecule has 1 atom stereocenters. The smallest absolute Gasteiger partial charge is 0.234 e. The van der Waals surface area contributed by atoms with Gasteiger partial charge in [-0.1, -0.05) is 12.1 Å². The predicted molar refractivity (Wildman–Crippen MR) is 88.3 cm³/mol. The summed E-state index contributed by atoms with van der Waals surface area (Å²) in [4.78, 5) is 14.1. The first-order valence-electron chi connectivity index (χ1n) is 7.53. The largest absolute Gasteiger partial charge is 0.351 e. The summed E-state index contributed by atoms with van der Waals surface area (Å²) in [6.07, 6.45) is 2.12. The van der Waals surface area contributed by atoms with Gasteiger partial charge in [0.25, 0.3) is 0 Å². The normalized spacial score (nSPS) is 17.6. The Labute approximate surface area is 137 Å². The first kappa shape index (κ1) is 18.9. The highest BCUT2D eigenvalue weighted by Gasteiger charge is 2.22. The van der Waals surface area contributed by atoms with E-state index in [4.69, 9.17) is 5.73 Å². The lowest BCUT2D eigenvalue weighted by molar-refractivity contribution is -0.122. The molecule has 1 aliphatic rings. The number of amides is 1. The average molecular weight is 330 g/mol. The monoisotopic (exact) mass is 329 g/mol. The molecule has 0 radical (unpaired) electrons. The molecule has 124 valence electrons. The Morgan fingerprint density at radius 2 is 1.95 bits per heavy atom. The maximum absolute atomic E-state index is 12.8. The van der Waals surface area contributed by atoms with Gasteiger partial charge in [0.05, 0.1) is 6.54 Å². The molecule has 4 nitrogen and oxygen atoms in total. The molecule has 1 fully saturated rings. The first-order chi connectivity index (χ1) is 10.0. The van der Waals surface area contributed by atoms with E-state index < -0.39 is 0 Å². The van der Waals surface area contributed by atoms with Crippen LogP contribution in [-0.4, -0.2) is 36.5 Å². The standard InChI is InChI=1S/C16H24FN3O.ClH/c1-12(18)14-6-8-20(9-7-14)11-16(21)19-10-13-2-4-15(17)5-3-13;/h2-5,12,14H,6-11,18H2,1H3,(H,19,21);1H. The van der Waals surface area contributed by atoms with E-state index >= 15 is 0 Å². The highest BCUT2D eigenvalue weighted by atomic mass is 35.5. The van der Waals surface area contributed by atoms with Gasteiger partial charge in [0.15, 0.2) is 0 Å². The molecule has 3 N–H and O–H groups in total. The molecule has 1 aromatic rings. The molecule has 1 aromatic carbocycles. The van der Waals surface area contributed by atoms with E-state index in [-0.39, 0.29) is 30.2 Å². The minimum atomic E-state index is -0.262. The number of nitrogens with two attached hydrogens (primary N) is 1. The topological polar surface area (TPSA) is 58.4 Å². The number of nitrogens with one attached hydrogen (secondary N) is 1. The van der Waals surface area contributed by atoms with E-state index in [1.807, 2.05) is 0 Å². The third-order valence-corrected chi connectivity index (χ3v) is 4.15. The molecule has 6 heteroatoms. The number of hydrogen-bond acceptors (Lipinski definition) is 3. The quantitative estimate of drug-likeness (QED) is 0.867. The second kappa shape index (κ2) is 9.08. The first-order valence-corrected chi connectivity index (χ1v) is 7.53. The van der Waals surface area contributed by atoms with Crippen LogP contribution in [0.4, 0.5) is 4.39 Å². The van der Waals surface area contributed by atoms with Crippen LogP contribution in [0, 0.1) is 11.7 Å². The van der Waals surface area contributed by atoms with Crippen molar-refractivity contribution in [2.45, 2.75) is 32.4 Å². The molecule has 2 rings (SSSR count). The average Bonchev–Trinajstić information content (AvgIpc) is 2.47. The van der Waals surface area contributed by atoms with Crippen molar-refractivity contribution in [3.63, 3.8) is 0 Å². The number of hydrogen-bond donors (Lipinski definition) is 2. The van der Waals surface area contributed by atoms with Crippen LogP contribution < -0.4 is 11.1 Å². The third-order valence-electron chi connectivity index (χ3n) is 4.15. The molecule has 22 heavy (non-hydrogen) atoms. The van der Waals surface area contributed by atoms with Crippen LogP contribution in [0.5, 0.6) is 0 Å². The van der Waals surface area contributed by atoms with Crippen LogP contribution in [0.1, 0.15) is 25.3 Å². The van der Waals surface area contributed by atoms with Gasteiger partial charge < -0.3 is 11.1 Å². The van der Waals surface area contributed by atoms with E-state index in [2.05, 4.69) is 17.1 Å². The maximum atomic E-state index is 12.8. The molecule has 0 spiro atoms. The van der Waals surface area contributed by atoms with Gasteiger partial charge in [0.1, 0.15) is 5.82 Å². The number of piperidine rings is 1. The van der Waals surface area contributed by atoms with Gasteiger partial charge >= 0.3 is 0 Å². The summed E-state index contributed by atoms with van der Waals surface area (Å²) >= 11 is 0. The molecule has 1 amide bonds. The molecule has 1 heterocycles. The molecular formula is C16H25ClFN3O. The molecule has 0 bridgehead atoms. The summed E-state index contributed by atoms with van der Waals surface area (Å²) in [5.74, 6) is 0.323. The van der Waals surface area contributed by atoms with Crippen molar-refractivity contribution in [3.8, 4) is 0 Å². The van der Waals surface area contributed by atoms with Crippen LogP contribution in [0.2, 0.25) is 0 Å². The molecule has 0 aliphatic carbocycles. The number of carbonyl (C=O) groups is 1. The van der Waals surface area contributed by atoms with Crippen molar-refractivity contribution in [2.24, 2.45) is 11.7 Å². The van der Waals surface area contributed by atoms with Crippen LogP contribution in [0.25, 0.3) is 0 Å². The Morgan fingerprint density at radius 3 is 2.50 bits per heavy atom. The number of carbonyl (C=O) groups excluding carboxylic acids is 1. The lowest BCUT2D eigenvalue weighted by atomic mass is 9.91. The summed E-state index contributed by atoms with van der Waals surface area (Å²) in [5.41, 5.74) is 6.82. The van der Waals surface area contributed by atoms with Crippen molar-refractivity contribution in [2.75, 3.05) is 19.6 Å². The molecular weight excluding hydrogens is 305 g/mol. The molecule has 0 saturated carbocycles. The number of halogens is 2. The van der Waals surface area contributed by atoms with Gasteiger partial charge in [-0.2, -0.15) is 0 Å². The highest BCUT2D eigenvalue weighted by molar-refractivity contribution is 5.85. The predicted octanol–water partition coefficient (Wildman–Crippen LogP) is 1.92. The second-order valence-corrected chi connectivity index (χ2v) is 5.88. The lowest BCUT2D eigenvalue weighted by Gasteiger charge is -2.33. The molecule has 1 unspecified atom stereocenters. The summed E-state index contributed by atoms with van der Waals surface area (Å²) < 4.78 is 12.8. The van der Waals surface area contributed by atoms with Crippen molar-refractivity contribution in [1.29, 1.82) is 0 Å². The molecule has 0 aromatic heterocycles. The zero-order chi connectivity index (χ0) is 15.2. The van der Waals surface area contributed by atoms with Gasteiger partial charge in [0, 0.05) is 12.6 Å². The Bertz CT molecular complexity index is 459. The minimum Gasteiger partial charge on any atom is -0.351 e. The summed E-state index contributed by atoms with van der Waals surface area (Å²) in [6, 6.07) is 6.41. The highest BCUT2D eigenvalue weighted by Crippen LogP contribution is 2.19. The van der Waals surface area contributed by atoms with Gasteiger partial charge in [-0.05, 0) is 56.5 Å². The fourth-order valence-electron chi connectivity index (χ4n) is 2.70. The molecule has 1 saturated heterocycles. The van der Waals surface area contributed by atoms with E-state index in [9.17, 15) is 9.18 Å². The van der Waals surface area contributed by atoms with Gasteiger partial charge in [-0.15, -0.1) is 12.4 Å². The van der Waals surface area contributed by atoms with E-state index in [1.165, 1.54) is 12.1 Å². The van der Waals surface area contributed by atoms with Crippen LogP contribution >= 0.6 is 12.4 Å². The van der Waals surface area contributed by atoms with Gasteiger partial charge in [-0.25, -0.2) is 4.39 Å². The Hall–Kier alpha value is -1.17. The second-order valence-electron chi connectivity index (χ2n) is 5.88. The Kier molecular flexibility index (Phi) is 7.79. The summed E-state index contributed by atoms with van der Waals surface area (Å²) in [6.45, 7) is 4.77. The van der Waals surface area contributed by atoms with Crippen LogP contribution in [0.3, 0.4) is 0 Å². The molecule has 1 aliphatic heterocycles. The van der Waals surface area contributed by atoms with Gasteiger partial charge in [0.2, 0.25) is 5.91 Å². The van der Waals surface area contributed by atoms with Crippen LogP contribution in [-0.2, 0) is 11.3 Å². The lowest BCUT2D eigenvalue weighted by Crippen LogP contribution is -2.44. The van der Waals surface area contributed by atoms with Crippen molar-refractivity contribution >= 4 is 18.3 Å². The zero-order valence-electron chi connectivity index (χ0n) is 12.9. The SMILES string of the molecule is CC(N)C1CCN(CC(=O)NCc2ccc(F)cc2)CC1.Cl.